The van der Waals surface area contributed by atoms with Crippen LogP contribution in [0.2, 0.25) is 0 Å². The van der Waals surface area contributed by atoms with Crippen LogP contribution < -0.4 is 0 Å². The van der Waals surface area contributed by atoms with E-state index >= 15 is 0 Å². The fraction of sp³-hybridized carbons (Fsp3) is 0.500. The van der Waals surface area contributed by atoms with Crippen molar-refractivity contribution in [3.05, 3.63) is 34.1 Å². The Morgan fingerprint density at radius 3 is 2.56 bits per heavy atom. The number of benzene rings is 1. The van der Waals surface area contributed by atoms with E-state index in [1.807, 2.05) is 18.7 Å². The molecule has 0 unspecified atom stereocenters. The Labute approximate surface area is 115 Å². The number of nitrogens with zero attached hydrogens (tertiary/aromatic N) is 1. The zero-order chi connectivity index (χ0) is 13.3. The molecule has 1 aliphatic rings. The molecule has 1 aromatic carbocycles. The lowest BCUT2D eigenvalue weighted by Crippen LogP contribution is -2.47. The second-order valence-electron chi connectivity index (χ2n) is 4.94. The van der Waals surface area contributed by atoms with Crippen molar-refractivity contribution in [2.75, 3.05) is 0 Å². The average molecular weight is 314 g/mol. The Bertz CT molecular complexity index is 453. The van der Waals surface area contributed by atoms with E-state index < -0.39 is 5.82 Å². The summed E-state index contributed by atoms with van der Waals surface area (Å²) >= 11 is 3.12. The van der Waals surface area contributed by atoms with Crippen molar-refractivity contribution >= 4 is 21.8 Å². The molecular weight excluding hydrogens is 297 g/mol. The molecule has 18 heavy (non-hydrogen) atoms. The molecule has 2 rings (SSSR count). The average Bonchev–Trinajstić information content (AvgIpc) is 2.32. The summed E-state index contributed by atoms with van der Waals surface area (Å²) in [5.74, 6) is -0.666. The Balaban J connectivity index is 2.32. The lowest BCUT2D eigenvalue weighted by atomic mass is 9.96. The molecule has 1 aliphatic heterocycles. The summed E-state index contributed by atoms with van der Waals surface area (Å²) in [7, 11) is 0. The predicted molar refractivity (Wildman–Crippen MR) is 73.0 cm³/mol. The number of likely N-dealkylation sites (tertiary alicyclic amines) is 1. The van der Waals surface area contributed by atoms with Crippen LogP contribution in [0.25, 0.3) is 0 Å². The quantitative estimate of drug-likeness (QED) is 0.767. The van der Waals surface area contributed by atoms with Gasteiger partial charge in [-0.25, -0.2) is 4.39 Å². The summed E-state index contributed by atoms with van der Waals surface area (Å²) in [6, 6.07) is 5.21. The van der Waals surface area contributed by atoms with Crippen molar-refractivity contribution in [1.82, 2.24) is 4.90 Å². The van der Waals surface area contributed by atoms with E-state index in [1.165, 1.54) is 0 Å². The van der Waals surface area contributed by atoms with Gasteiger partial charge in [-0.1, -0.05) is 6.07 Å². The maximum Gasteiger partial charge on any atom is 0.257 e. The van der Waals surface area contributed by atoms with Gasteiger partial charge in [0.15, 0.2) is 0 Å². The normalized spacial score (nSPS) is 24.1. The van der Waals surface area contributed by atoms with E-state index in [-0.39, 0.29) is 23.6 Å². The lowest BCUT2D eigenvalue weighted by Gasteiger charge is -2.39. The molecule has 0 radical (unpaired) electrons. The van der Waals surface area contributed by atoms with Crippen molar-refractivity contribution in [1.29, 1.82) is 0 Å². The van der Waals surface area contributed by atoms with Gasteiger partial charge >= 0.3 is 0 Å². The molecule has 2 atom stereocenters. The number of carbonyl (C=O) groups is 1. The van der Waals surface area contributed by atoms with Crippen LogP contribution in [-0.2, 0) is 0 Å². The predicted octanol–water partition coefficient (Wildman–Crippen LogP) is 3.99. The third-order valence-corrected chi connectivity index (χ3v) is 4.22. The van der Waals surface area contributed by atoms with Crippen LogP contribution in [0.5, 0.6) is 0 Å². The van der Waals surface area contributed by atoms with E-state index in [4.69, 9.17) is 0 Å². The van der Waals surface area contributed by atoms with Gasteiger partial charge in [0, 0.05) is 12.1 Å². The Hall–Kier alpha value is -0.900. The molecule has 4 heteroatoms. The molecule has 2 nitrogen and oxygen atoms in total. The van der Waals surface area contributed by atoms with E-state index in [0.29, 0.717) is 4.47 Å². The molecular formula is C14H17BrFNO. The second kappa shape index (κ2) is 5.39. The lowest BCUT2D eigenvalue weighted by molar-refractivity contribution is 0.0506. The summed E-state index contributed by atoms with van der Waals surface area (Å²) in [5.41, 5.74) is 0.157. The summed E-state index contributed by atoms with van der Waals surface area (Å²) in [5, 5.41) is 0. The number of halogens is 2. The fourth-order valence-corrected chi connectivity index (χ4v) is 3.00. The van der Waals surface area contributed by atoms with Crippen LogP contribution >= 0.6 is 15.9 Å². The van der Waals surface area contributed by atoms with Crippen LogP contribution in [-0.4, -0.2) is 22.9 Å². The molecule has 0 spiro atoms. The SMILES string of the molecule is C[C@@H]1CCC[C@H](C)N1C(=O)c1cccc(Br)c1F. The summed E-state index contributed by atoms with van der Waals surface area (Å²) in [6.07, 6.45) is 3.12. The largest absolute Gasteiger partial charge is 0.333 e. The van der Waals surface area contributed by atoms with Crippen molar-refractivity contribution in [2.45, 2.75) is 45.2 Å². The highest BCUT2D eigenvalue weighted by Crippen LogP contribution is 2.27. The van der Waals surface area contributed by atoms with Crippen LogP contribution in [0.15, 0.2) is 22.7 Å². The molecule has 1 saturated heterocycles. The van der Waals surface area contributed by atoms with Crippen LogP contribution in [0.4, 0.5) is 4.39 Å². The zero-order valence-corrected chi connectivity index (χ0v) is 12.2. The monoisotopic (exact) mass is 313 g/mol. The smallest absolute Gasteiger partial charge is 0.257 e. The first kappa shape index (κ1) is 13.5. The highest BCUT2D eigenvalue weighted by molar-refractivity contribution is 9.10. The zero-order valence-electron chi connectivity index (χ0n) is 10.6. The van der Waals surface area contributed by atoms with Crippen LogP contribution in [0, 0.1) is 5.82 Å². The molecule has 0 aromatic heterocycles. The maximum atomic E-state index is 14.0. The Morgan fingerprint density at radius 2 is 1.94 bits per heavy atom. The maximum absolute atomic E-state index is 14.0. The van der Waals surface area contributed by atoms with Crippen LogP contribution in [0.3, 0.4) is 0 Å². The Kier molecular flexibility index (Phi) is 4.05. The minimum atomic E-state index is -0.465. The van der Waals surface area contributed by atoms with E-state index in [2.05, 4.69) is 15.9 Å². The number of carbonyl (C=O) groups excluding carboxylic acids is 1. The number of piperidine rings is 1. The Morgan fingerprint density at radius 1 is 1.33 bits per heavy atom. The number of hydrogen-bond acceptors (Lipinski definition) is 1. The van der Waals surface area contributed by atoms with Gasteiger partial charge in [-0.3, -0.25) is 4.79 Å². The molecule has 1 aromatic rings. The van der Waals surface area contributed by atoms with Gasteiger partial charge in [-0.05, 0) is 61.2 Å². The molecule has 1 heterocycles. The van der Waals surface area contributed by atoms with Crippen molar-refractivity contribution in [3.63, 3.8) is 0 Å². The number of rotatable bonds is 1. The van der Waals surface area contributed by atoms with E-state index in [9.17, 15) is 9.18 Å². The highest BCUT2D eigenvalue weighted by Gasteiger charge is 2.31. The van der Waals surface area contributed by atoms with E-state index in [1.54, 1.807) is 18.2 Å². The molecule has 0 N–H and O–H groups in total. The van der Waals surface area contributed by atoms with Crippen molar-refractivity contribution < 1.29 is 9.18 Å². The van der Waals surface area contributed by atoms with Gasteiger partial charge < -0.3 is 4.90 Å². The van der Waals surface area contributed by atoms with Crippen LogP contribution in [0.1, 0.15) is 43.5 Å². The molecule has 1 fully saturated rings. The first-order chi connectivity index (χ1) is 8.52. The summed E-state index contributed by atoms with van der Waals surface area (Å²) in [4.78, 5) is 14.3. The minimum Gasteiger partial charge on any atom is -0.333 e. The topological polar surface area (TPSA) is 20.3 Å². The van der Waals surface area contributed by atoms with Crippen molar-refractivity contribution in [3.8, 4) is 0 Å². The highest BCUT2D eigenvalue weighted by atomic mass is 79.9. The fourth-order valence-electron chi connectivity index (χ4n) is 2.63. The van der Waals surface area contributed by atoms with Gasteiger partial charge in [0.1, 0.15) is 5.82 Å². The van der Waals surface area contributed by atoms with Gasteiger partial charge in [0.25, 0.3) is 5.91 Å². The number of amides is 1. The van der Waals surface area contributed by atoms with Gasteiger partial charge in [-0.15, -0.1) is 0 Å². The van der Waals surface area contributed by atoms with Gasteiger partial charge in [0.2, 0.25) is 0 Å². The first-order valence-corrected chi connectivity index (χ1v) is 7.08. The summed E-state index contributed by atoms with van der Waals surface area (Å²) < 4.78 is 14.3. The van der Waals surface area contributed by atoms with E-state index in [0.717, 1.165) is 19.3 Å². The number of hydrogen-bond donors (Lipinski definition) is 0. The molecule has 98 valence electrons. The second-order valence-corrected chi connectivity index (χ2v) is 5.80. The molecule has 1 amide bonds. The molecule has 0 aliphatic carbocycles. The third kappa shape index (κ3) is 2.44. The van der Waals surface area contributed by atoms with Gasteiger partial charge in [-0.2, -0.15) is 0 Å². The third-order valence-electron chi connectivity index (χ3n) is 3.61. The molecule has 0 saturated carbocycles. The first-order valence-electron chi connectivity index (χ1n) is 6.29. The summed E-state index contributed by atoms with van der Waals surface area (Å²) in [6.45, 7) is 4.06. The van der Waals surface area contributed by atoms with Gasteiger partial charge in [0.05, 0.1) is 10.0 Å². The standard InChI is InChI=1S/C14H17BrFNO/c1-9-5-3-6-10(2)17(9)14(18)11-7-4-8-12(15)13(11)16/h4,7-10H,3,5-6H2,1-2H3/t9-,10+. The molecule has 0 bridgehead atoms. The van der Waals surface area contributed by atoms with Crippen molar-refractivity contribution in [2.24, 2.45) is 0 Å². The minimum absolute atomic E-state index is 0.157.